The number of rotatable bonds is 11. The molecule has 0 fully saturated rings. The van der Waals surface area contributed by atoms with Crippen LogP contribution in [-0.2, 0) is 24.2 Å². The predicted octanol–water partition coefficient (Wildman–Crippen LogP) is 5.58. The van der Waals surface area contributed by atoms with Crippen LogP contribution in [0.3, 0.4) is 0 Å². The molecule has 194 valence electrons. The van der Waals surface area contributed by atoms with E-state index in [-0.39, 0.29) is 12.4 Å². The van der Waals surface area contributed by atoms with E-state index in [9.17, 15) is 9.90 Å². The fourth-order valence-corrected chi connectivity index (χ4v) is 5.61. The van der Waals surface area contributed by atoms with Gasteiger partial charge in [-0.25, -0.2) is 24.9 Å². The number of halogens is 1. The molecule has 11 heteroatoms. The van der Waals surface area contributed by atoms with Gasteiger partial charge in [0.25, 0.3) is 0 Å². The van der Waals surface area contributed by atoms with Crippen LogP contribution in [0.5, 0.6) is 0 Å². The van der Waals surface area contributed by atoms with E-state index in [0.29, 0.717) is 31.3 Å². The van der Waals surface area contributed by atoms with Crippen molar-refractivity contribution < 1.29 is 9.90 Å². The highest BCUT2D eigenvalue weighted by molar-refractivity contribution is 8.03. The van der Waals surface area contributed by atoms with E-state index in [1.165, 1.54) is 23.1 Å². The fourth-order valence-electron chi connectivity index (χ4n) is 3.38. The SMILES string of the molecule is CCc1cnc(N(CCc2csc(SC(C)(C)C(=O)O)n2)Cc2cccc(-c3ncccn3)c2)nc1.Cl. The number of carbonyl (C=O) groups is 1. The molecule has 4 aromatic rings. The first kappa shape index (κ1) is 28.5. The summed E-state index contributed by atoms with van der Waals surface area (Å²) in [6.45, 7) is 6.73. The summed E-state index contributed by atoms with van der Waals surface area (Å²) in [7, 11) is 0. The third-order valence-corrected chi connectivity index (χ3v) is 7.71. The molecular weight excluding hydrogens is 528 g/mol. The lowest BCUT2D eigenvalue weighted by atomic mass is 10.1. The number of nitrogens with zero attached hydrogens (tertiary/aromatic N) is 6. The van der Waals surface area contributed by atoms with Crippen molar-refractivity contribution in [3.63, 3.8) is 0 Å². The molecule has 0 spiro atoms. The van der Waals surface area contributed by atoms with Crippen LogP contribution in [0.15, 0.2) is 64.8 Å². The monoisotopic (exact) mass is 556 g/mol. The van der Waals surface area contributed by atoms with E-state index in [0.717, 1.165) is 33.1 Å². The van der Waals surface area contributed by atoms with Crippen molar-refractivity contribution in [3.05, 3.63) is 77.3 Å². The smallest absolute Gasteiger partial charge is 0.319 e. The summed E-state index contributed by atoms with van der Waals surface area (Å²) in [5, 5.41) is 11.4. The van der Waals surface area contributed by atoms with Gasteiger partial charge in [0.05, 0.1) is 5.69 Å². The maximum absolute atomic E-state index is 11.5. The van der Waals surface area contributed by atoms with Crippen LogP contribution in [-0.4, -0.2) is 47.3 Å². The zero-order valence-electron chi connectivity index (χ0n) is 20.9. The number of aryl methyl sites for hydroxylation is 1. The van der Waals surface area contributed by atoms with Crippen molar-refractivity contribution in [3.8, 4) is 11.4 Å². The molecule has 0 aliphatic rings. The van der Waals surface area contributed by atoms with E-state index in [1.54, 1.807) is 32.3 Å². The van der Waals surface area contributed by atoms with Crippen molar-refractivity contribution in [1.29, 1.82) is 0 Å². The summed E-state index contributed by atoms with van der Waals surface area (Å²) >= 11 is 2.74. The number of hydrogen-bond acceptors (Lipinski definition) is 9. The lowest BCUT2D eigenvalue weighted by Gasteiger charge is -2.23. The van der Waals surface area contributed by atoms with Crippen LogP contribution in [0.1, 0.15) is 37.6 Å². The molecule has 37 heavy (non-hydrogen) atoms. The van der Waals surface area contributed by atoms with Crippen molar-refractivity contribution in [2.75, 3.05) is 11.4 Å². The predicted molar refractivity (Wildman–Crippen MR) is 151 cm³/mol. The molecule has 0 saturated heterocycles. The van der Waals surface area contributed by atoms with Crippen LogP contribution in [0.25, 0.3) is 11.4 Å². The second-order valence-electron chi connectivity index (χ2n) is 8.71. The number of aromatic nitrogens is 5. The Hall–Kier alpha value is -3.08. The molecule has 0 saturated carbocycles. The summed E-state index contributed by atoms with van der Waals surface area (Å²) in [6, 6.07) is 9.98. The minimum Gasteiger partial charge on any atom is -0.480 e. The summed E-state index contributed by atoms with van der Waals surface area (Å²) in [6.07, 6.45) is 8.78. The van der Waals surface area contributed by atoms with Gasteiger partial charge in [0.2, 0.25) is 5.95 Å². The Balaban J connectivity index is 0.00000380. The zero-order chi connectivity index (χ0) is 25.5. The van der Waals surface area contributed by atoms with Gasteiger partial charge in [0, 0.05) is 55.2 Å². The molecule has 4 rings (SSSR count). The maximum Gasteiger partial charge on any atom is 0.319 e. The largest absolute Gasteiger partial charge is 0.480 e. The normalized spacial score (nSPS) is 11.1. The number of anilines is 1. The van der Waals surface area contributed by atoms with E-state index >= 15 is 0 Å². The third kappa shape index (κ3) is 7.70. The molecule has 3 aromatic heterocycles. The first-order valence-electron chi connectivity index (χ1n) is 11.6. The van der Waals surface area contributed by atoms with Gasteiger partial charge in [-0.05, 0) is 43.5 Å². The van der Waals surface area contributed by atoms with E-state index in [2.05, 4.69) is 48.9 Å². The summed E-state index contributed by atoms with van der Waals surface area (Å²) < 4.78 is -0.174. The highest BCUT2D eigenvalue weighted by atomic mass is 35.5. The van der Waals surface area contributed by atoms with Gasteiger partial charge in [-0.1, -0.05) is 36.9 Å². The lowest BCUT2D eigenvalue weighted by molar-refractivity contribution is -0.138. The standard InChI is InChI=1S/C26H28N6O2S2.ClH/c1-4-18-14-29-24(30-15-18)32(12-9-21-17-35-25(31-21)36-26(2,3)23(33)34)16-19-7-5-8-20(13-19)22-27-10-6-11-28-22;/h5-8,10-11,13-15,17H,4,9,12,16H2,1-3H3,(H,33,34);1H. The van der Waals surface area contributed by atoms with Gasteiger partial charge in [-0.3, -0.25) is 4.79 Å². The molecule has 3 heterocycles. The number of benzene rings is 1. The molecule has 0 atom stereocenters. The number of carboxylic acid groups (broad SMARTS) is 1. The van der Waals surface area contributed by atoms with Crippen molar-refractivity contribution in [2.24, 2.45) is 0 Å². The van der Waals surface area contributed by atoms with Gasteiger partial charge in [0.15, 0.2) is 10.2 Å². The fraction of sp³-hybridized carbons (Fsp3) is 0.308. The highest BCUT2D eigenvalue weighted by Gasteiger charge is 2.29. The number of aliphatic carboxylic acids is 1. The second-order valence-corrected chi connectivity index (χ2v) is 11.4. The molecule has 0 aliphatic heterocycles. The third-order valence-electron chi connectivity index (χ3n) is 5.53. The van der Waals surface area contributed by atoms with Gasteiger partial charge < -0.3 is 10.0 Å². The number of carboxylic acids is 1. The Morgan fingerprint density at radius 2 is 1.81 bits per heavy atom. The molecule has 0 aliphatic carbocycles. The van der Waals surface area contributed by atoms with E-state index in [4.69, 9.17) is 0 Å². The Morgan fingerprint density at radius 1 is 1.08 bits per heavy atom. The summed E-state index contributed by atoms with van der Waals surface area (Å²) in [4.78, 5) is 36.2. The summed E-state index contributed by atoms with van der Waals surface area (Å²) in [5.41, 5.74) is 4.06. The topological polar surface area (TPSA) is 105 Å². The average Bonchev–Trinajstić information content (AvgIpc) is 3.33. The molecule has 8 nitrogen and oxygen atoms in total. The van der Waals surface area contributed by atoms with Gasteiger partial charge in [-0.15, -0.1) is 23.7 Å². The van der Waals surface area contributed by atoms with Crippen molar-refractivity contribution >= 4 is 47.4 Å². The number of thiazole rings is 1. The minimum atomic E-state index is -0.927. The van der Waals surface area contributed by atoms with Crippen LogP contribution in [0.4, 0.5) is 5.95 Å². The van der Waals surface area contributed by atoms with E-state index in [1.807, 2.05) is 29.9 Å². The quantitative estimate of drug-likeness (QED) is 0.237. The second kappa shape index (κ2) is 12.9. The lowest BCUT2D eigenvalue weighted by Crippen LogP contribution is -2.27. The maximum atomic E-state index is 11.5. The zero-order valence-corrected chi connectivity index (χ0v) is 23.3. The Labute approximate surface area is 231 Å². The highest BCUT2D eigenvalue weighted by Crippen LogP contribution is 2.34. The molecule has 0 bridgehead atoms. The first-order valence-corrected chi connectivity index (χ1v) is 13.3. The molecule has 1 aromatic carbocycles. The van der Waals surface area contributed by atoms with Gasteiger partial charge >= 0.3 is 5.97 Å². The molecule has 1 N–H and O–H groups in total. The summed E-state index contributed by atoms with van der Waals surface area (Å²) in [5.74, 6) is 0.489. The van der Waals surface area contributed by atoms with Crippen LogP contribution in [0.2, 0.25) is 0 Å². The Kier molecular flexibility index (Phi) is 9.96. The first-order chi connectivity index (χ1) is 17.3. The Bertz CT molecular complexity index is 1300. The van der Waals surface area contributed by atoms with Crippen LogP contribution < -0.4 is 4.90 Å². The number of thioether (sulfide) groups is 1. The molecular formula is C26H29ClN6O2S2. The molecule has 0 unspecified atom stereocenters. The van der Waals surface area contributed by atoms with Crippen molar-refractivity contribution in [1.82, 2.24) is 24.9 Å². The molecule has 0 amide bonds. The van der Waals surface area contributed by atoms with Crippen LogP contribution >= 0.6 is 35.5 Å². The van der Waals surface area contributed by atoms with Crippen LogP contribution in [0, 0.1) is 0 Å². The molecule has 0 radical (unpaired) electrons. The Morgan fingerprint density at radius 3 is 2.49 bits per heavy atom. The van der Waals surface area contributed by atoms with Gasteiger partial charge in [0.1, 0.15) is 4.75 Å². The minimum absolute atomic E-state index is 0. The average molecular weight is 557 g/mol. The van der Waals surface area contributed by atoms with Gasteiger partial charge in [-0.2, -0.15) is 0 Å². The van der Waals surface area contributed by atoms with E-state index < -0.39 is 10.7 Å². The number of hydrogen-bond donors (Lipinski definition) is 1. The van der Waals surface area contributed by atoms with Crippen molar-refractivity contribution in [2.45, 2.75) is 49.2 Å².